The molecule has 3 heteroatoms. The van der Waals surface area contributed by atoms with E-state index < -0.39 is 38.7 Å². The Balaban J connectivity index is 1.27. The molecule has 8 rings (SSSR count). The second-order valence-electron chi connectivity index (χ2n) is 11.4. The number of hydrogen-bond acceptors (Lipinski definition) is 0. The Labute approximate surface area is 280 Å². The van der Waals surface area contributed by atoms with Crippen molar-refractivity contribution in [1.29, 1.82) is 0 Å². The predicted octanol–water partition coefficient (Wildman–Crippen LogP) is 9.53. The van der Waals surface area contributed by atoms with E-state index in [0.717, 1.165) is 0 Å². The number of benzene rings is 6. The van der Waals surface area contributed by atoms with Crippen LogP contribution < -0.4 is 21.2 Å². The molecule has 45 heavy (non-hydrogen) atoms. The first-order chi connectivity index (χ1) is 22.3. The van der Waals surface area contributed by atoms with Gasteiger partial charge in [0.15, 0.2) is 0 Å². The Hall–Kier alpha value is -3.47. The first kappa shape index (κ1) is 29.0. The molecule has 0 N–H and O–H groups in total. The van der Waals surface area contributed by atoms with Crippen molar-refractivity contribution < 1.29 is 22.9 Å². The van der Waals surface area contributed by atoms with E-state index in [1.165, 1.54) is 32.3 Å². The molecular formula is C42H32HfP2. The summed E-state index contributed by atoms with van der Waals surface area (Å²) in [6.45, 7) is 0. The molecular weight excluding hydrogens is 745 g/mol. The fourth-order valence-electron chi connectivity index (χ4n) is 6.72. The zero-order chi connectivity index (χ0) is 30.0. The molecule has 0 aliphatic heterocycles. The van der Waals surface area contributed by atoms with Gasteiger partial charge in [-0.15, -0.1) is 0 Å². The van der Waals surface area contributed by atoms with Gasteiger partial charge < -0.3 is 0 Å². The van der Waals surface area contributed by atoms with Crippen molar-refractivity contribution in [3.8, 4) is 0 Å². The van der Waals surface area contributed by atoms with E-state index in [2.05, 4.69) is 182 Å². The zero-order valence-electron chi connectivity index (χ0n) is 24.9. The SMILES string of the molecule is C1=C(P(c2ccccc2)c2ccccc2)[CH]([Hf][CH]2C(P(c3ccccc3)c3ccccc3)=Cc3ccccc32)c2ccccc21. The number of fused-ring (bicyclic) bond motifs is 2. The van der Waals surface area contributed by atoms with Gasteiger partial charge in [0.05, 0.1) is 0 Å². The molecule has 0 radical (unpaired) electrons. The van der Waals surface area contributed by atoms with Crippen molar-refractivity contribution in [2.75, 3.05) is 0 Å². The van der Waals surface area contributed by atoms with Crippen molar-refractivity contribution in [3.05, 3.63) is 203 Å². The van der Waals surface area contributed by atoms with Crippen LogP contribution in [0.2, 0.25) is 0 Å². The summed E-state index contributed by atoms with van der Waals surface area (Å²) < 4.78 is 1.05. The summed E-state index contributed by atoms with van der Waals surface area (Å²) in [5.41, 5.74) is 5.97. The molecule has 0 bridgehead atoms. The molecule has 0 nitrogen and oxygen atoms in total. The molecule has 2 aliphatic carbocycles. The molecule has 0 saturated heterocycles. The van der Waals surface area contributed by atoms with Gasteiger partial charge in [0.25, 0.3) is 0 Å². The van der Waals surface area contributed by atoms with Gasteiger partial charge in [0.2, 0.25) is 0 Å². The predicted molar refractivity (Wildman–Crippen MR) is 192 cm³/mol. The molecule has 0 aromatic heterocycles. The normalized spacial score (nSPS) is 16.7. The third-order valence-corrected chi connectivity index (χ3v) is 22.4. The second-order valence-corrected chi connectivity index (χ2v) is 21.2. The average Bonchev–Trinajstić information content (AvgIpc) is 3.65. The molecule has 0 spiro atoms. The fourth-order valence-corrected chi connectivity index (χ4v) is 21.9. The van der Waals surface area contributed by atoms with Gasteiger partial charge >= 0.3 is 282 Å². The summed E-state index contributed by atoms with van der Waals surface area (Å²) in [6, 6.07) is 63.7. The fraction of sp³-hybridized carbons (Fsp3) is 0.0476. The van der Waals surface area contributed by atoms with Gasteiger partial charge in [0.1, 0.15) is 0 Å². The van der Waals surface area contributed by atoms with E-state index >= 15 is 0 Å². The molecule has 0 amide bonds. The monoisotopic (exact) mass is 778 g/mol. The maximum atomic E-state index is 2.58. The molecule has 0 heterocycles. The Morgan fingerprint density at radius 1 is 0.333 bits per heavy atom. The summed E-state index contributed by atoms with van der Waals surface area (Å²) in [4.78, 5) is 0. The standard InChI is InChI=1S/2C21H16P.Hf/c2*1-3-11-19(12-4-1)22(20-13-5-2-6-14-20)21-15-17-9-7-8-10-18(17)16-21;/h2*1-16H;. The molecule has 0 saturated carbocycles. The van der Waals surface area contributed by atoms with E-state index in [4.69, 9.17) is 0 Å². The van der Waals surface area contributed by atoms with Crippen molar-refractivity contribution in [1.82, 2.24) is 0 Å². The van der Waals surface area contributed by atoms with Crippen LogP contribution in [-0.4, -0.2) is 0 Å². The van der Waals surface area contributed by atoms with Crippen molar-refractivity contribution in [3.63, 3.8) is 0 Å². The van der Waals surface area contributed by atoms with Crippen LogP contribution in [0.25, 0.3) is 12.2 Å². The van der Waals surface area contributed by atoms with Gasteiger partial charge in [-0.25, -0.2) is 0 Å². The van der Waals surface area contributed by atoms with E-state index in [9.17, 15) is 0 Å². The molecule has 2 atom stereocenters. The third-order valence-electron chi connectivity index (χ3n) is 8.72. The average molecular weight is 777 g/mol. The van der Waals surface area contributed by atoms with Gasteiger partial charge in [-0.1, -0.05) is 0 Å². The van der Waals surface area contributed by atoms with Crippen molar-refractivity contribution in [2.24, 2.45) is 0 Å². The van der Waals surface area contributed by atoms with E-state index in [1.54, 1.807) is 21.8 Å². The van der Waals surface area contributed by atoms with Crippen LogP contribution in [0.3, 0.4) is 0 Å². The summed E-state index contributed by atoms with van der Waals surface area (Å²) in [7, 11) is -1.29. The summed E-state index contributed by atoms with van der Waals surface area (Å²) in [5.74, 6) is 0. The third kappa shape index (κ3) is 5.72. The Kier molecular flexibility index (Phi) is 8.43. The van der Waals surface area contributed by atoms with Crippen LogP contribution in [0, 0.1) is 0 Å². The Bertz CT molecular complexity index is 1760. The van der Waals surface area contributed by atoms with Crippen molar-refractivity contribution >= 4 is 49.2 Å². The second kappa shape index (κ2) is 13.1. The molecule has 6 aromatic carbocycles. The van der Waals surface area contributed by atoms with Crippen LogP contribution in [0.5, 0.6) is 0 Å². The number of allylic oxidation sites excluding steroid dienone is 2. The van der Waals surface area contributed by atoms with Crippen molar-refractivity contribution in [2.45, 2.75) is 7.35 Å². The van der Waals surface area contributed by atoms with Crippen LogP contribution in [-0.2, 0) is 22.9 Å². The van der Waals surface area contributed by atoms with Crippen LogP contribution in [0.4, 0.5) is 0 Å². The number of hydrogen-bond donors (Lipinski definition) is 0. The summed E-state index contributed by atoms with van der Waals surface area (Å²) in [6.07, 6.45) is 5.17. The Morgan fingerprint density at radius 2 is 0.622 bits per heavy atom. The number of rotatable bonds is 8. The molecule has 2 aliphatic rings. The quantitative estimate of drug-likeness (QED) is 0.107. The molecule has 6 aromatic rings. The maximum absolute atomic E-state index is 2.58. The molecule has 0 fully saturated rings. The Morgan fingerprint density at radius 3 is 0.956 bits per heavy atom. The first-order valence-electron chi connectivity index (χ1n) is 15.5. The minimum atomic E-state index is -1.48. The minimum absolute atomic E-state index is 0.524. The van der Waals surface area contributed by atoms with Gasteiger partial charge in [0, 0.05) is 0 Å². The van der Waals surface area contributed by atoms with E-state index in [1.807, 2.05) is 0 Å². The van der Waals surface area contributed by atoms with E-state index in [-0.39, 0.29) is 0 Å². The summed E-state index contributed by atoms with van der Waals surface area (Å²) >= 11 is -1.48. The van der Waals surface area contributed by atoms with Crippen LogP contribution in [0.15, 0.2) is 180 Å². The van der Waals surface area contributed by atoms with Gasteiger partial charge in [-0.3, -0.25) is 0 Å². The molecule has 2 unspecified atom stereocenters. The molecule has 214 valence electrons. The van der Waals surface area contributed by atoms with Gasteiger partial charge in [-0.2, -0.15) is 0 Å². The first-order valence-corrected chi connectivity index (χ1v) is 22.4. The topological polar surface area (TPSA) is 0 Å². The van der Waals surface area contributed by atoms with Gasteiger partial charge in [-0.05, 0) is 0 Å². The summed E-state index contributed by atoms with van der Waals surface area (Å²) in [5, 5.41) is 9.10. The zero-order valence-corrected chi connectivity index (χ0v) is 30.3. The van der Waals surface area contributed by atoms with E-state index in [0.29, 0.717) is 7.35 Å². The van der Waals surface area contributed by atoms with Crippen LogP contribution in [0.1, 0.15) is 29.6 Å². The van der Waals surface area contributed by atoms with Crippen LogP contribution >= 0.6 is 15.8 Å².